The molecule has 0 spiro atoms. The summed E-state index contributed by atoms with van der Waals surface area (Å²) in [7, 11) is 1.50. The van der Waals surface area contributed by atoms with Gasteiger partial charge in [-0.3, -0.25) is 9.59 Å². The number of amides is 2. The van der Waals surface area contributed by atoms with Gasteiger partial charge >= 0.3 is 11.8 Å². The summed E-state index contributed by atoms with van der Waals surface area (Å²) in [5.74, 6) is -1.54. The van der Waals surface area contributed by atoms with Crippen LogP contribution in [0.4, 0.5) is 11.4 Å². The van der Waals surface area contributed by atoms with Crippen molar-refractivity contribution in [2.24, 2.45) is 0 Å². The molecule has 0 aliphatic carbocycles. The normalized spacial score (nSPS) is 9.89. The second kappa shape index (κ2) is 6.83. The van der Waals surface area contributed by atoms with Crippen LogP contribution in [-0.4, -0.2) is 32.1 Å². The van der Waals surface area contributed by atoms with Gasteiger partial charge in [0, 0.05) is 19.3 Å². The van der Waals surface area contributed by atoms with Crippen molar-refractivity contribution >= 4 is 34.8 Å². The van der Waals surface area contributed by atoms with Crippen molar-refractivity contribution in [2.75, 3.05) is 31.3 Å². The molecule has 0 saturated heterocycles. The van der Waals surface area contributed by atoms with Gasteiger partial charge < -0.3 is 21.1 Å². The third-order valence-corrected chi connectivity index (χ3v) is 2.35. The van der Waals surface area contributed by atoms with Crippen molar-refractivity contribution in [3.05, 3.63) is 23.2 Å². The number of hydrogen-bond donors (Lipinski definition) is 3. The third kappa shape index (κ3) is 4.23. The Bertz CT molecular complexity index is 451. The number of ether oxygens (including phenoxy) is 1. The Hall–Kier alpha value is -1.79. The minimum Gasteiger partial charge on any atom is -0.399 e. The molecule has 0 aliphatic heterocycles. The Morgan fingerprint density at radius 3 is 2.72 bits per heavy atom. The molecule has 4 N–H and O–H groups in total. The summed E-state index contributed by atoms with van der Waals surface area (Å²) in [6, 6.07) is 4.59. The molecule has 0 heterocycles. The van der Waals surface area contributed by atoms with Crippen LogP contribution in [0.1, 0.15) is 0 Å². The van der Waals surface area contributed by atoms with Gasteiger partial charge in [0.15, 0.2) is 0 Å². The first kappa shape index (κ1) is 14.3. The molecule has 1 rings (SSSR count). The van der Waals surface area contributed by atoms with Gasteiger partial charge in [-0.05, 0) is 18.2 Å². The summed E-state index contributed by atoms with van der Waals surface area (Å²) >= 11 is 5.86. The zero-order valence-electron chi connectivity index (χ0n) is 9.83. The standard InChI is InChI=1S/C11H14ClN3O3/c1-18-5-4-14-10(16)11(17)15-9-3-2-7(13)6-8(9)12/h2-3,6H,4-5,13H2,1H3,(H,14,16)(H,15,17). The second-order valence-electron chi connectivity index (χ2n) is 3.44. The number of anilines is 2. The van der Waals surface area contributed by atoms with Crippen LogP contribution >= 0.6 is 11.6 Å². The van der Waals surface area contributed by atoms with Gasteiger partial charge in [0.25, 0.3) is 0 Å². The van der Waals surface area contributed by atoms with E-state index in [9.17, 15) is 9.59 Å². The second-order valence-corrected chi connectivity index (χ2v) is 3.85. The summed E-state index contributed by atoms with van der Waals surface area (Å²) in [5.41, 5.74) is 6.31. The highest BCUT2D eigenvalue weighted by Gasteiger charge is 2.14. The van der Waals surface area contributed by atoms with Crippen LogP contribution in [-0.2, 0) is 14.3 Å². The molecule has 7 heteroatoms. The van der Waals surface area contributed by atoms with E-state index in [2.05, 4.69) is 10.6 Å². The molecule has 1 aromatic rings. The number of nitrogens with two attached hydrogens (primary N) is 1. The van der Waals surface area contributed by atoms with Crippen molar-refractivity contribution < 1.29 is 14.3 Å². The molecule has 2 amide bonds. The average Bonchev–Trinajstić information content (AvgIpc) is 2.32. The fraction of sp³-hybridized carbons (Fsp3) is 0.273. The van der Waals surface area contributed by atoms with E-state index in [1.807, 2.05) is 0 Å². The zero-order chi connectivity index (χ0) is 13.5. The van der Waals surface area contributed by atoms with Crippen LogP contribution in [0, 0.1) is 0 Å². The fourth-order valence-electron chi connectivity index (χ4n) is 1.16. The minimum atomic E-state index is -0.794. The highest BCUT2D eigenvalue weighted by molar-refractivity contribution is 6.41. The van der Waals surface area contributed by atoms with Crippen LogP contribution in [0.3, 0.4) is 0 Å². The Kier molecular flexibility index (Phi) is 5.41. The Balaban J connectivity index is 2.56. The van der Waals surface area contributed by atoms with Crippen LogP contribution in [0.25, 0.3) is 0 Å². The molecule has 0 radical (unpaired) electrons. The SMILES string of the molecule is COCCNC(=O)C(=O)Nc1ccc(N)cc1Cl. The molecule has 0 saturated carbocycles. The first-order valence-corrected chi connectivity index (χ1v) is 5.55. The molecule has 0 unspecified atom stereocenters. The third-order valence-electron chi connectivity index (χ3n) is 2.04. The highest BCUT2D eigenvalue weighted by atomic mass is 35.5. The molecule has 0 bridgehead atoms. The number of methoxy groups -OCH3 is 1. The summed E-state index contributed by atoms with van der Waals surface area (Å²) in [5, 5.41) is 5.05. The number of benzene rings is 1. The number of halogens is 1. The van der Waals surface area contributed by atoms with E-state index in [1.54, 1.807) is 6.07 Å². The maximum atomic E-state index is 11.5. The Morgan fingerprint density at radius 1 is 1.39 bits per heavy atom. The van der Waals surface area contributed by atoms with E-state index < -0.39 is 11.8 Å². The zero-order valence-corrected chi connectivity index (χ0v) is 10.6. The van der Waals surface area contributed by atoms with Crippen LogP contribution in [0.5, 0.6) is 0 Å². The van der Waals surface area contributed by atoms with Gasteiger partial charge in [-0.25, -0.2) is 0 Å². The quantitative estimate of drug-likeness (QED) is 0.425. The lowest BCUT2D eigenvalue weighted by atomic mass is 10.3. The van der Waals surface area contributed by atoms with Crippen LogP contribution in [0.15, 0.2) is 18.2 Å². The van der Waals surface area contributed by atoms with Gasteiger partial charge in [-0.1, -0.05) is 11.6 Å². The van der Waals surface area contributed by atoms with E-state index in [1.165, 1.54) is 19.2 Å². The predicted octanol–water partition coefficient (Wildman–Crippen LogP) is 0.623. The summed E-state index contributed by atoms with van der Waals surface area (Å²) in [6.45, 7) is 0.597. The lowest BCUT2D eigenvalue weighted by Crippen LogP contribution is -2.37. The molecule has 0 aliphatic rings. The molecule has 98 valence electrons. The number of hydrogen-bond acceptors (Lipinski definition) is 4. The van der Waals surface area contributed by atoms with Crippen molar-refractivity contribution in [3.63, 3.8) is 0 Å². The average molecular weight is 272 g/mol. The number of rotatable bonds is 4. The van der Waals surface area contributed by atoms with E-state index >= 15 is 0 Å². The number of carbonyl (C=O) groups excluding carboxylic acids is 2. The number of nitrogen functional groups attached to an aromatic ring is 1. The number of carbonyl (C=O) groups is 2. The predicted molar refractivity (Wildman–Crippen MR) is 69.4 cm³/mol. The molecule has 6 nitrogen and oxygen atoms in total. The molecular weight excluding hydrogens is 258 g/mol. The van der Waals surface area contributed by atoms with Gasteiger partial charge in [-0.15, -0.1) is 0 Å². The molecule has 0 aromatic heterocycles. The molecule has 0 fully saturated rings. The summed E-state index contributed by atoms with van der Waals surface area (Å²) < 4.78 is 4.74. The summed E-state index contributed by atoms with van der Waals surface area (Å²) in [6.07, 6.45) is 0. The van der Waals surface area contributed by atoms with Crippen molar-refractivity contribution in [1.29, 1.82) is 0 Å². The van der Waals surface area contributed by atoms with E-state index in [-0.39, 0.29) is 11.6 Å². The maximum absolute atomic E-state index is 11.5. The summed E-state index contributed by atoms with van der Waals surface area (Å²) in [4.78, 5) is 22.8. The Morgan fingerprint density at radius 2 is 2.11 bits per heavy atom. The molecule has 1 aromatic carbocycles. The lowest BCUT2D eigenvalue weighted by Gasteiger charge is -2.08. The lowest BCUT2D eigenvalue weighted by molar-refractivity contribution is -0.136. The Labute approximate surface area is 109 Å². The van der Waals surface area contributed by atoms with Crippen molar-refractivity contribution in [1.82, 2.24) is 5.32 Å². The van der Waals surface area contributed by atoms with Crippen molar-refractivity contribution in [3.8, 4) is 0 Å². The van der Waals surface area contributed by atoms with E-state index in [4.69, 9.17) is 22.1 Å². The van der Waals surface area contributed by atoms with Crippen LogP contribution in [0.2, 0.25) is 5.02 Å². The first-order valence-electron chi connectivity index (χ1n) is 5.17. The van der Waals surface area contributed by atoms with Gasteiger partial charge in [0.2, 0.25) is 0 Å². The van der Waals surface area contributed by atoms with Gasteiger partial charge in [-0.2, -0.15) is 0 Å². The monoisotopic (exact) mass is 271 g/mol. The number of nitrogens with one attached hydrogen (secondary N) is 2. The van der Waals surface area contributed by atoms with E-state index in [0.29, 0.717) is 18.0 Å². The fourth-order valence-corrected chi connectivity index (χ4v) is 1.39. The maximum Gasteiger partial charge on any atom is 0.313 e. The van der Waals surface area contributed by atoms with Gasteiger partial charge in [0.1, 0.15) is 0 Å². The molecule has 18 heavy (non-hydrogen) atoms. The smallest absolute Gasteiger partial charge is 0.313 e. The van der Waals surface area contributed by atoms with E-state index in [0.717, 1.165) is 0 Å². The first-order chi connectivity index (χ1) is 8.54. The molecule has 0 atom stereocenters. The minimum absolute atomic E-state index is 0.262. The van der Waals surface area contributed by atoms with Gasteiger partial charge in [0.05, 0.1) is 17.3 Å². The van der Waals surface area contributed by atoms with Crippen molar-refractivity contribution in [2.45, 2.75) is 0 Å². The van der Waals surface area contributed by atoms with Crippen LogP contribution < -0.4 is 16.4 Å². The molecular formula is C11H14ClN3O3. The topological polar surface area (TPSA) is 93.4 Å². The largest absolute Gasteiger partial charge is 0.399 e. The highest BCUT2D eigenvalue weighted by Crippen LogP contribution is 2.23.